The highest BCUT2D eigenvalue weighted by Crippen LogP contribution is 2.41. The number of nitrogens with zero attached hydrogens (tertiary/aromatic N) is 4. The third-order valence-electron chi connectivity index (χ3n) is 5.64. The first-order valence-corrected chi connectivity index (χ1v) is 11.5. The van der Waals surface area contributed by atoms with E-state index in [1.165, 1.54) is 38.5 Å². The van der Waals surface area contributed by atoms with Gasteiger partial charge in [-0.15, -0.1) is 4.98 Å². The molecular weight excluding hydrogens is 364 g/mol. The number of aromatic nitrogens is 3. The summed E-state index contributed by atoms with van der Waals surface area (Å²) in [5, 5.41) is 0. The van der Waals surface area contributed by atoms with Crippen molar-refractivity contribution in [1.29, 1.82) is 0 Å². The highest BCUT2D eigenvalue weighted by atomic mass is 16.5. The van der Waals surface area contributed by atoms with Gasteiger partial charge < -0.3 is 14.4 Å². The van der Waals surface area contributed by atoms with Crippen LogP contribution in [-0.2, 0) is 0 Å². The lowest BCUT2D eigenvalue weighted by molar-refractivity contribution is 0.206. The van der Waals surface area contributed by atoms with E-state index >= 15 is 0 Å². The quantitative estimate of drug-likeness (QED) is 0.423. The standard InChI is InChI=1S/C23H42N4O2/c1-8-9-10-11-12-13-17-28-20-24-19(25-21(26-20)29-18(2)3)27-22(4,5)15-14-16-23(27,6)7/h18H,8-17H2,1-7H3. The third-order valence-corrected chi connectivity index (χ3v) is 5.64. The molecule has 0 aliphatic carbocycles. The summed E-state index contributed by atoms with van der Waals surface area (Å²) in [4.78, 5) is 16.1. The van der Waals surface area contributed by atoms with Gasteiger partial charge in [0.25, 0.3) is 0 Å². The fraction of sp³-hybridized carbons (Fsp3) is 0.870. The molecule has 1 aliphatic rings. The predicted octanol–water partition coefficient (Wildman–Crippen LogP) is 5.95. The predicted molar refractivity (Wildman–Crippen MR) is 119 cm³/mol. The topological polar surface area (TPSA) is 60.4 Å². The zero-order valence-electron chi connectivity index (χ0n) is 19.8. The van der Waals surface area contributed by atoms with Crippen molar-refractivity contribution in [3.63, 3.8) is 0 Å². The van der Waals surface area contributed by atoms with Gasteiger partial charge >= 0.3 is 12.0 Å². The van der Waals surface area contributed by atoms with Crippen LogP contribution in [0, 0.1) is 0 Å². The highest BCUT2D eigenvalue weighted by Gasteiger charge is 2.43. The minimum atomic E-state index is -0.0330. The molecule has 0 N–H and O–H groups in total. The number of unbranched alkanes of at least 4 members (excludes halogenated alkanes) is 5. The maximum Gasteiger partial charge on any atom is 0.324 e. The molecule has 0 saturated carbocycles. The SMILES string of the molecule is CCCCCCCCOc1nc(OC(C)C)nc(N2C(C)(C)CCCC2(C)C)n1. The lowest BCUT2D eigenvalue weighted by atomic mass is 9.80. The summed E-state index contributed by atoms with van der Waals surface area (Å²) >= 11 is 0. The van der Waals surface area contributed by atoms with Gasteiger partial charge in [0, 0.05) is 11.1 Å². The van der Waals surface area contributed by atoms with E-state index in [1.54, 1.807) is 0 Å². The number of piperidine rings is 1. The normalized spacial score (nSPS) is 18.1. The van der Waals surface area contributed by atoms with Crippen LogP contribution in [0.15, 0.2) is 0 Å². The molecule has 0 bridgehead atoms. The monoisotopic (exact) mass is 406 g/mol. The van der Waals surface area contributed by atoms with E-state index in [9.17, 15) is 0 Å². The summed E-state index contributed by atoms with van der Waals surface area (Å²) in [5.41, 5.74) is -0.0660. The first-order valence-electron chi connectivity index (χ1n) is 11.5. The van der Waals surface area contributed by atoms with Crippen LogP contribution < -0.4 is 14.4 Å². The van der Waals surface area contributed by atoms with Gasteiger partial charge in [0.15, 0.2) is 0 Å². The molecule has 29 heavy (non-hydrogen) atoms. The molecule has 1 fully saturated rings. The number of hydrogen-bond acceptors (Lipinski definition) is 6. The van der Waals surface area contributed by atoms with E-state index < -0.39 is 0 Å². The zero-order valence-corrected chi connectivity index (χ0v) is 19.8. The molecule has 2 rings (SSSR count). The van der Waals surface area contributed by atoms with Crippen molar-refractivity contribution in [2.75, 3.05) is 11.5 Å². The summed E-state index contributed by atoms with van der Waals surface area (Å²) < 4.78 is 11.8. The smallest absolute Gasteiger partial charge is 0.324 e. The minimum Gasteiger partial charge on any atom is -0.463 e. The van der Waals surface area contributed by atoms with E-state index in [-0.39, 0.29) is 17.2 Å². The number of rotatable bonds is 11. The molecule has 1 aromatic rings. The van der Waals surface area contributed by atoms with Crippen LogP contribution in [0.1, 0.15) is 106 Å². The molecule has 6 heteroatoms. The molecule has 2 heterocycles. The third kappa shape index (κ3) is 7.00. The van der Waals surface area contributed by atoms with E-state index in [0.29, 0.717) is 24.6 Å². The van der Waals surface area contributed by atoms with Crippen LogP contribution in [0.2, 0.25) is 0 Å². The lowest BCUT2D eigenvalue weighted by Crippen LogP contribution is -2.59. The average Bonchev–Trinajstić information content (AvgIpc) is 2.58. The summed E-state index contributed by atoms with van der Waals surface area (Å²) in [7, 11) is 0. The van der Waals surface area contributed by atoms with Gasteiger partial charge in [-0.25, -0.2) is 0 Å². The molecule has 0 amide bonds. The molecule has 6 nitrogen and oxygen atoms in total. The number of hydrogen-bond donors (Lipinski definition) is 0. The summed E-state index contributed by atoms with van der Waals surface area (Å²) in [5.74, 6) is 0.656. The van der Waals surface area contributed by atoms with Gasteiger partial charge in [0.2, 0.25) is 5.95 Å². The van der Waals surface area contributed by atoms with Crippen molar-refractivity contribution in [1.82, 2.24) is 15.0 Å². The maximum atomic E-state index is 5.93. The number of ether oxygens (including phenoxy) is 2. The van der Waals surface area contributed by atoms with Crippen LogP contribution >= 0.6 is 0 Å². The first kappa shape index (κ1) is 23.7. The molecular formula is C23H42N4O2. The van der Waals surface area contributed by atoms with Crippen molar-refractivity contribution >= 4 is 5.95 Å². The van der Waals surface area contributed by atoms with Crippen molar-refractivity contribution in [3.8, 4) is 12.0 Å². The second kappa shape index (κ2) is 10.4. The Labute approximate surface area is 177 Å². The number of anilines is 1. The zero-order chi connectivity index (χ0) is 21.5. The van der Waals surface area contributed by atoms with E-state index in [4.69, 9.17) is 14.5 Å². The molecule has 0 spiro atoms. The van der Waals surface area contributed by atoms with Gasteiger partial charge in [-0.3, -0.25) is 0 Å². The van der Waals surface area contributed by atoms with Crippen molar-refractivity contribution in [2.24, 2.45) is 0 Å². The Morgan fingerprint density at radius 1 is 0.862 bits per heavy atom. The van der Waals surface area contributed by atoms with Gasteiger partial charge in [-0.1, -0.05) is 39.0 Å². The molecule has 0 unspecified atom stereocenters. The first-order chi connectivity index (χ1) is 13.7. The Balaban J connectivity index is 2.15. The van der Waals surface area contributed by atoms with E-state index in [2.05, 4.69) is 49.5 Å². The molecule has 0 radical (unpaired) electrons. The van der Waals surface area contributed by atoms with E-state index in [1.807, 2.05) is 13.8 Å². The summed E-state index contributed by atoms with van der Waals surface area (Å²) in [6, 6.07) is 0.719. The van der Waals surface area contributed by atoms with Gasteiger partial charge in [0.05, 0.1) is 12.7 Å². The minimum absolute atomic E-state index is 0.000887. The van der Waals surface area contributed by atoms with Crippen molar-refractivity contribution in [3.05, 3.63) is 0 Å². The fourth-order valence-electron chi connectivity index (χ4n) is 4.34. The molecule has 0 aromatic carbocycles. The summed E-state index contributed by atoms with van der Waals surface area (Å²) in [6.45, 7) is 15.9. The second-order valence-electron chi connectivity index (χ2n) is 9.80. The maximum absolute atomic E-state index is 5.93. The Morgan fingerprint density at radius 3 is 2.07 bits per heavy atom. The molecule has 1 aromatic heterocycles. The molecule has 1 aliphatic heterocycles. The van der Waals surface area contributed by atoms with Crippen LogP contribution in [0.25, 0.3) is 0 Å². The van der Waals surface area contributed by atoms with Crippen molar-refractivity contribution in [2.45, 2.75) is 123 Å². The Hall–Kier alpha value is -1.59. The molecule has 166 valence electrons. The van der Waals surface area contributed by atoms with Gasteiger partial charge in [-0.2, -0.15) is 9.97 Å². The van der Waals surface area contributed by atoms with Crippen LogP contribution in [0.5, 0.6) is 12.0 Å². The van der Waals surface area contributed by atoms with Crippen molar-refractivity contribution < 1.29 is 9.47 Å². The average molecular weight is 407 g/mol. The highest BCUT2D eigenvalue weighted by molar-refractivity contribution is 5.41. The van der Waals surface area contributed by atoms with E-state index in [0.717, 1.165) is 19.3 Å². The fourth-order valence-corrected chi connectivity index (χ4v) is 4.34. The Bertz CT molecular complexity index is 615. The van der Waals surface area contributed by atoms with Crippen LogP contribution in [0.4, 0.5) is 5.95 Å². The largest absolute Gasteiger partial charge is 0.463 e. The molecule has 0 atom stereocenters. The summed E-state index contributed by atoms with van der Waals surface area (Å²) in [6.07, 6.45) is 10.8. The Kier molecular flexibility index (Phi) is 8.53. The molecule has 1 saturated heterocycles. The van der Waals surface area contributed by atoms with Crippen LogP contribution in [-0.4, -0.2) is 38.7 Å². The Morgan fingerprint density at radius 2 is 1.45 bits per heavy atom. The van der Waals surface area contributed by atoms with Gasteiger partial charge in [0.1, 0.15) is 0 Å². The van der Waals surface area contributed by atoms with Gasteiger partial charge in [-0.05, 0) is 67.2 Å². The van der Waals surface area contributed by atoms with Crippen LogP contribution in [0.3, 0.4) is 0 Å². The second-order valence-corrected chi connectivity index (χ2v) is 9.80. The lowest BCUT2D eigenvalue weighted by Gasteiger charge is -2.52.